The van der Waals surface area contributed by atoms with Gasteiger partial charge in [-0.05, 0) is 13.8 Å². The van der Waals surface area contributed by atoms with E-state index in [1.54, 1.807) is 0 Å². The normalized spacial score (nSPS) is 12.5. The minimum Gasteiger partial charge on any atom is -0.469 e. The second-order valence-electron chi connectivity index (χ2n) is 2.84. The molecule has 0 heterocycles. The van der Waals surface area contributed by atoms with Crippen LogP contribution in [0.25, 0.3) is 0 Å². The maximum atomic E-state index is 10.7. The molecule has 1 N–H and O–H groups in total. The van der Waals surface area contributed by atoms with Crippen molar-refractivity contribution in [2.24, 2.45) is 0 Å². The van der Waals surface area contributed by atoms with Gasteiger partial charge in [-0.25, -0.2) is 0 Å². The molecule has 0 amide bonds. The molecule has 0 aliphatic heterocycles. The lowest BCUT2D eigenvalue weighted by Gasteiger charge is -2.12. The van der Waals surface area contributed by atoms with Crippen molar-refractivity contribution in [1.29, 1.82) is 0 Å². The van der Waals surface area contributed by atoms with E-state index in [1.807, 2.05) is 13.8 Å². The largest absolute Gasteiger partial charge is 0.469 e. The number of esters is 1. The Hall–Kier alpha value is -0.610. The number of hydrogen-bond donors (Lipinski definition) is 1. The van der Waals surface area contributed by atoms with Crippen LogP contribution < -0.4 is 5.32 Å². The standard InChI is InChI=1S/C9H19NO3/c1-4-13-7-8(2)10-6-5-9(11)12-3/h8,10H,4-7H2,1-3H3. The van der Waals surface area contributed by atoms with Gasteiger partial charge in [0.1, 0.15) is 0 Å². The summed E-state index contributed by atoms with van der Waals surface area (Å²) in [7, 11) is 1.39. The molecule has 0 bridgehead atoms. The summed E-state index contributed by atoms with van der Waals surface area (Å²) in [6.07, 6.45) is 0.410. The predicted molar refractivity (Wildman–Crippen MR) is 50.6 cm³/mol. The minimum absolute atomic E-state index is 0.184. The van der Waals surface area contributed by atoms with Crippen molar-refractivity contribution in [2.75, 3.05) is 26.9 Å². The first kappa shape index (κ1) is 12.4. The highest BCUT2D eigenvalue weighted by molar-refractivity contribution is 5.69. The highest BCUT2D eigenvalue weighted by Gasteiger charge is 2.03. The summed E-state index contributed by atoms with van der Waals surface area (Å²) in [6, 6.07) is 0.282. The van der Waals surface area contributed by atoms with Crippen LogP contribution in [0.15, 0.2) is 0 Å². The average molecular weight is 189 g/mol. The van der Waals surface area contributed by atoms with Crippen LogP contribution in [0.2, 0.25) is 0 Å². The smallest absolute Gasteiger partial charge is 0.306 e. The molecular weight excluding hydrogens is 170 g/mol. The second-order valence-corrected chi connectivity index (χ2v) is 2.84. The Morgan fingerprint density at radius 3 is 2.77 bits per heavy atom. The van der Waals surface area contributed by atoms with Gasteiger partial charge in [0.25, 0.3) is 0 Å². The Bertz CT molecular complexity index is 139. The molecule has 0 aromatic heterocycles. The van der Waals surface area contributed by atoms with E-state index >= 15 is 0 Å². The third-order valence-electron chi connectivity index (χ3n) is 1.62. The zero-order valence-electron chi connectivity index (χ0n) is 8.63. The fourth-order valence-electron chi connectivity index (χ4n) is 0.876. The van der Waals surface area contributed by atoms with E-state index < -0.39 is 0 Å². The number of rotatable bonds is 7. The molecule has 4 nitrogen and oxygen atoms in total. The lowest BCUT2D eigenvalue weighted by Crippen LogP contribution is -2.32. The van der Waals surface area contributed by atoms with E-state index in [0.29, 0.717) is 19.6 Å². The fraction of sp³-hybridized carbons (Fsp3) is 0.889. The van der Waals surface area contributed by atoms with Crippen LogP contribution in [0.5, 0.6) is 0 Å². The molecule has 0 saturated heterocycles. The van der Waals surface area contributed by atoms with Gasteiger partial charge in [-0.1, -0.05) is 0 Å². The third kappa shape index (κ3) is 7.74. The van der Waals surface area contributed by atoms with Gasteiger partial charge in [0.05, 0.1) is 20.1 Å². The maximum Gasteiger partial charge on any atom is 0.306 e. The molecule has 0 aliphatic rings. The first-order valence-corrected chi connectivity index (χ1v) is 4.58. The summed E-state index contributed by atoms with van der Waals surface area (Å²) in [5.74, 6) is -0.184. The predicted octanol–water partition coefficient (Wildman–Crippen LogP) is 0.564. The average Bonchev–Trinajstić information content (AvgIpc) is 2.14. The first-order valence-electron chi connectivity index (χ1n) is 4.58. The zero-order chi connectivity index (χ0) is 10.1. The number of ether oxygens (including phenoxy) is 2. The Balaban J connectivity index is 3.26. The van der Waals surface area contributed by atoms with E-state index in [-0.39, 0.29) is 12.0 Å². The minimum atomic E-state index is -0.184. The van der Waals surface area contributed by atoms with Crippen LogP contribution in [0.1, 0.15) is 20.3 Å². The van der Waals surface area contributed by atoms with Gasteiger partial charge in [0, 0.05) is 19.2 Å². The Morgan fingerprint density at radius 2 is 2.23 bits per heavy atom. The molecule has 0 radical (unpaired) electrons. The summed E-state index contributed by atoms with van der Waals surface area (Å²) >= 11 is 0. The van der Waals surface area contributed by atoms with Crippen LogP contribution in [0, 0.1) is 0 Å². The van der Waals surface area contributed by atoms with Crippen molar-refractivity contribution in [3.8, 4) is 0 Å². The highest BCUT2D eigenvalue weighted by atomic mass is 16.5. The quantitative estimate of drug-likeness (QED) is 0.595. The van der Waals surface area contributed by atoms with Crippen LogP contribution in [-0.4, -0.2) is 38.9 Å². The van der Waals surface area contributed by atoms with Crippen LogP contribution in [0.4, 0.5) is 0 Å². The van der Waals surface area contributed by atoms with E-state index in [0.717, 1.165) is 6.61 Å². The van der Waals surface area contributed by atoms with Crippen molar-refractivity contribution in [2.45, 2.75) is 26.3 Å². The molecular formula is C9H19NO3. The summed E-state index contributed by atoms with van der Waals surface area (Å²) in [4.78, 5) is 10.7. The lowest BCUT2D eigenvalue weighted by atomic mass is 10.3. The van der Waals surface area contributed by atoms with Gasteiger partial charge in [-0.3, -0.25) is 4.79 Å². The van der Waals surface area contributed by atoms with Gasteiger partial charge >= 0.3 is 5.97 Å². The molecule has 0 rings (SSSR count). The summed E-state index contributed by atoms with van der Waals surface area (Å²) < 4.78 is 9.70. The van der Waals surface area contributed by atoms with Crippen LogP contribution in [-0.2, 0) is 14.3 Å². The number of hydrogen-bond acceptors (Lipinski definition) is 4. The van der Waals surface area contributed by atoms with E-state index in [1.165, 1.54) is 7.11 Å². The first-order chi connectivity index (χ1) is 6.20. The van der Waals surface area contributed by atoms with Gasteiger partial charge in [-0.2, -0.15) is 0 Å². The number of carbonyl (C=O) groups is 1. The highest BCUT2D eigenvalue weighted by Crippen LogP contribution is 1.86. The molecule has 0 fully saturated rings. The van der Waals surface area contributed by atoms with E-state index in [4.69, 9.17) is 4.74 Å². The van der Waals surface area contributed by atoms with Crippen molar-refractivity contribution < 1.29 is 14.3 Å². The molecule has 78 valence electrons. The van der Waals surface area contributed by atoms with Gasteiger partial charge in [0.2, 0.25) is 0 Å². The summed E-state index contributed by atoms with van der Waals surface area (Å²) in [5.41, 5.74) is 0. The van der Waals surface area contributed by atoms with Crippen molar-refractivity contribution >= 4 is 5.97 Å². The van der Waals surface area contributed by atoms with E-state index in [9.17, 15) is 4.79 Å². The van der Waals surface area contributed by atoms with Gasteiger partial charge in [0.15, 0.2) is 0 Å². The number of carbonyl (C=O) groups excluding carboxylic acids is 1. The van der Waals surface area contributed by atoms with E-state index in [2.05, 4.69) is 10.1 Å². The molecule has 0 aromatic carbocycles. The molecule has 13 heavy (non-hydrogen) atoms. The Labute approximate surface area is 79.6 Å². The number of nitrogens with one attached hydrogen (secondary N) is 1. The monoisotopic (exact) mass is 189 g/mol. The van der Waals surface area contributed by atoms with Gasteiger partial charge in [-0.15, -0.1) is 0 Å². The molecule has 0 saturated carbocycles. The molecule has 1 unspecified atom stereocenters. The fourth-order valence-corrected chi connectivity index (χ4v) is 0.876. The maximum absolute atomic E-state index is 10.7. The molecule has 4 heteroatoms. The van der Waals surface area contributed by atoms with Crippen molar-refractivity contribution in [3.63, 3.8) is 0 Å². The zero-order valence-corrected chi connectivity index (χ0v) is 8.63. The summed E-state index contributed by atoms with van der Waals surface area (Å²) in [5, 5.41) is 3.16. The van der Waals surface area contributed by atoms with Gasteiger partial charge < -0.3 is 14.8 Å². The lowest BCUT2D eigenvalue weighted by molar-refractivity contribution is -0.140. The number of methoxy groups -OCH3 is 1. The molecule has 0 spiro atoms. The topological polar surface area (TPSA) is 47.6 Å². The van der Waals surface area contributed by atoms with Crippen LogP contribution >= 0.6 is 0 Å². The second kappa shape index (κ2) is 8.01. The Kier molecular flexibility index (Phi) is 7.63. The Morgan fingerprint density at radius 1 is 1.54 bits per heavy atom. The SMILES string of the molecule is CCOCC(C)NCCC(=O)OC. The van der Waals surface area contributed by atoms with Crippen molar-refractivity contribution in [1.82, 2.24) is 5.32 Å². The van der Waals surface area contributed by atoms with Crippen molar-refractivity contribution in [3.05, 3.63) is 0 Å². The summed E-state index contributed by atoms with van der Waals surface area (Å²) in [6.45, 7) is 6.02. The molecule has 0 aliphatic carbocycles. The van der Waals surface area contributed by atoms with Crippen LogP contribution in [0.3, 0.4) is 0 Å². The molecule has 0 aromatic rings. The third-order valence-corrected chi connectivity index (χ3v) is 1.62. The molecule has 1 atom stereocenters.